The SMILES string of the molecule is N#CC(C#N)=C(C#N)Nc1ccccc1Oc1ccc(Cl)cc1Cl. The molecule has 0 unspecified atom stereocenters. The topological polar surface area (TPSA) is 92.6 Å². The number of nitriles is 3. The summed E-state index contributed by atoms with van der Waals surface area (Å²) in [6.07, 6.45) is 0. The number of allylic oxidation sites excluding steroid dienone is 2. The van der Waals surface area contributed by atoms with Crippen LogP contribution in [0.3, 0.4) is 0 Å². The van der Waals surface area contributed by atoms with Gasteiger partial charge in [-0.15, -0.1) is 0 Å². The van der Waals surface area contributed by atoms with Crippen molar-refractivity contribution in [1.82, 2.24) is 0 Å². The molecule has 2 aromatic rings. The lowest BCUT2D eigenvalue weighted by Gasteiger charge is -2.13. The predicted octanol–water partition coefficient (Wildman–Crippen LogP) is 5.02. The highest BCUT2D eigenvalue weighted by atomic mass is 35.5. The average Bonchev–Trinajstić information content (AvgIpc) is 2.58. The molecule has 5 nitrogen and oxygen atoms in total. The molecule has 7 heteroatoms. The van der Waals surface area contributed by atoms with Crippen molar-refractivity contribution in [2.75, 3.05) is 5.32 Å². The summed E-state index contributed by atoms with van der Waals surface area (Å²) in [5.74, 6) is 0.739. The fourth-order valence-corrected chi connectivity index (χ4v) is 2.20. The first-order valence-electron chi connectivity index (χ1n) is 6.52. The second-order valence-corrected chi connectivity index (χ2v) is 5.23. The van der Waals surface area contributed by atoms with Crippen molar-refractivity contribution >= 4 is 28.9 Å². The molecule has 0 aliphatic rings. The Kier molecular flexibility index (Phi) is 5.66. The van der Waals surface area contributed by atoms with Crippen molar-refractivity contribution in [3.8, 4) is 29.7 Å². The smallest absolute Gasteiger partial charge is 0.163 e. The zero-order chi connectivity index (χ0) is 17.5. The van der Waals surface area contributed by atoms with E-state index in [1.54, 1.807) is 60.7 Å². The van der Waals surface area contributed by atoms with E-state index in [0.717, 1.165) is 0 Å². The van der Waals surface area contributed by atoms with E-state index in [4.69, 9.17) is 43.7 Å². The summed E-state index contributed by atoms with van der Waals surface area (Å²) in [7, 11) is 0. The van der Waals surface area contributed by atoms with Crippen molar-refractivity contribution in [2.24, 2.45) is 0 Å². The van der Waals surface area contributed by atoms with Crippen molar-refractivity contribution in [3.63, 3.8) is 0 Å². The monoisotopic (exact) mass is 354 g/mol. The quantitative estimate of drug-likeness (QED) is 0.777. The predicted molar refractivity (Wildman–Crippen MR) is 90.5 cm³/mol. The van der Waals surface area contributed by atoms with E-state index >= 15 is 0 Å². The van der Waals surface area contributed by atoms with Crippen molar-refractivity contribution in [2.45, 2.75) is 0 Å². The third-order valence-electron chi connectivity index (χ3n) is 2.85. The van der Waals surface area contributed by atoms with Gasteiger partial charge in [-0.2, -0.15) is 15.8 Å². The number of benzene rings is 2. The fraction of sp³-hybridized carbons (Fsp3) is 0. The van der Waals surface area contributed by atoms with Crippen LogP contribution >= 0.6 is 23.2 Å². The second kappa shape index (κ2) is 7.90. The first-order chi connectivity index (χ1) is 11.6. The van der Waals surface area contributed by atoms with E-state index in [1.807, 2.05) is 0 Å². The molecule has 1 N–H and O–H groups in total. The maximum absolute atomic E-state index is 9.13. The van der Waals surface area contributed by atoms with E-state index in [0.29, 0.717) is 27.2 Å². The third kappa shape index (κ3) is 3.97. The highest BCUT2D eigenvalue weighted by Crippen LogP contribution is 2.35. The van der Waals surface area contributed by atoms with E-state index in [2.05, 4.69) is 5.32 Å². The molecule has 2 aromatic carbocycles. The van der Waals surface area contributed by atoms with Crippen LogP contribution in [0.15, 0.2) is 53.7 Å². The summed E-state index contributed by atoms with van der Waals surface area (Å²) in [5, 5.41) is 30.4. The van der Waals surface area contributed by atoms with E-state index in [9.17, 15) is 0 Å². The number of halogens is 2. The average molecular weight is 355 g/mol. The lowest BCUT2D eigenvalue weighted by atomic mass is 10.2. The standard InChI is InChI=1S/C17H8Cl2N4O/c18-12-5-6-16(13(19)7-12)24-17-4-2-1-3-14(17)23-15(10-22)11(8-20)9-21/h1-7,23H. The molecule has 0 radical (unpaired) electrons. The number of para-hydroxylation sites is 2. The number of nitrogens with zero attached hydrogens (tertiary/aromatic N) is 3. The van der Waals surface area contributed by atoms with Gasteiger partial charge in [-0.05, 0) is 30.3 Å². The second-order valence-electron chi connectivity index (χ2n) is 4.38. The molecule has 24 heavy (non-hydrogen) atoms. The Morgan fingerprint density at radius 3 is 2.25 bits per heavy atom. The lowest BCUT2D eigenvalue weighted by Crippen LogP contribution is -2.02. The zero-order valence-corrected chi connectivity index (χ0v) is 13.6. The Morgan fingerprint density at radius 1 is 0.917 bits per heavy atom. The minimum Gasteiger partial charge on any atom is -0.454 e. The molecular formula is C17H8Cl2N4O. The van der Waals surface area contributed by atoms with Crippen LogP contribution in [0.1, 0.15) is 0 Å². The van der Waals surface area contributed by atoms with Crippen LogP contribution in [0.2, 0.25) is 10.0 Å². The molecule has 0 aromatic heterocycles. The summed E-state index contributed by atoms with van der Waals surface area (Å²) in [6.45, 7) is 0. The molecule has 0 spiro atoms. The zero-order valence-electron chi connectivity index (χ0n) is 12.0. The molecule has 0 saturated carbocycles. The summed E-state index contributed by atoms with van der Waals surface area (Å²) < 4.78 is 5.74. The Balaban J connectivity index is 2.39. The van der Waals surface area contributed by atoms with Crippen LogP contribution in [0.25, 0.3) is 0 Å². The van der Waals surface area contributed by atoms with Gasteiger partial charge in [0.2, 0.25) is 0 Å². The number of nitrogens with one attached hydrogen (secondary N) is 1. The molecule has 0 aliphatic heterocycles. The molecule has 0 bridgehead atoms. The maximum Gasteiger partial charge on any atom is 0.163 e. The molecule has 2 rings (SSSR count). The number of anilines is 1. The van der Waals surface area contributed by atoms with Gasteiger partial charge in [0.15, 0.2) is 11.3 Å². The van der Waals surface area contributed by atoms with Crippen molar-refractivity contribution < 1.29 is 4.74 Å². The van der Waals surface area contributed by atoms with Gasteiger partial charge in [-0.25, -0.2) is 0 Å². The Hall–Kier alpha value is -3.17. The molecule has 116 valence electrons. The third-order valence-corrected chi connectivity index (χ3v) is 3.38. The minimum absolute atomic E-state index is 0.168. The van der Waals surface area contributed by atoms with Gasteiger partial charge in [0.1, 0.15) is 29.7 Å². The van der Waals surface area contributed by atoms with E-state index in [1.165, 1.54) is 0 Å². The van der Waals surface area contributed by atoms with Crippen LogP contribution in [0.4, 0.5) is 5.69 Å². The summed E-state index contributed by atoms with van der Waals surface area (Å²) in [4.78, 5) is 0. The minimum atomic E-state index is -0.322. The number of ether oxygens (including phenoxy) is 1. The van der Waals surface area contributed by atoms with Gasteiger partial charge in [-0.3, -0.25) is 0 Å². The Bertz CT molecular complexity index is 917. The lowest BCUT2D eigenvalue weighted by molar-refractivity contribution is 0.485. The van der Waals surface area contributed by atoms with Gasteiger partial charge in [-0.1, -0.05) is 35.3 Å². The van der Waals surface area contributed by atoms with Gasteiger partial charge in [0.05, 0.1) is 10.7 Å². The molecule has 0 heterocycles. The highest BCUT2D eigenvalue weighted by Gasteiger charge is 2.11. The van der Waals surface area contributed by atoms with Gasteiger partial charge in [0.25, 0.3) is 0 Å². The van der Waals surface area contributed by atoms with Crippen LogP contribution in [-0.2, 0) is 0 Å². The molecule has 0 amide bonds. The molecular weight excluding hydrogens is 347 g/mol. The van der Waals surface area contributed by atoms with Crippen molar-refractivity contribution in [1.29, 1.82) is 15.8 Å². The van der Waals surface area contributed by atoms with Crippen LogP contribution in [-0.4, -0.2) is 0 Å². The molecule has 0 saturated heterocycles. The van der Waals surface area contributed by atoms with E-state index in [-0.39, 0.29) is 11.3 Å². The van der Waals surface area contributed by atoms with Crippen molar-refractivity contribution in [3.05, 3.63) is 63.8 Å². The number of rotatable bonds is 4. The molecule has 0 atom stereocenters. The largest absolute Gasteiger partial charge is 0.454 e. The van der Waals surface area contributed by atoms with Crippen LogP contribution in [0.5, 0.6) is 11.5 Å². The fourth-order valence-electron chi connectivity index (χ4n) is 1.75. The maximum atomic E-state index is 9.13. The Labute approximate surface area is 148 Å². The van der Waals surface area contributed by atoms with Gasteiger partial charge in [0, 0.05) is 5.02 Å². The molecule has 0 aliphatic carbocycles. The van der Waals surface area contributed by atoms with Crippen LogP contribution < -0.4 is 10.1 Å². The summed E-state index contributed by atoms with van der Waals surface area (Å²) in [5.41, 5.74) is -0.0850. The number of hydrogen-bond acceptors (Lipinski definition) is 5. The van der Waals surface area contributed by atoms with Gasteiger partial charge < -0.3 is 10.1 Å². The Morgan fingerprint density at radius 2 is 1.62 bits per heavy atom. The normalized spacial score (nSPS) is 9.12. The highest BCUT2D eigenvalue weighted by molar-refractivity contribution is 6.35. The van der Waals surface area contributed by atoms with Gasteiger partial charge >= 0.3 is 0 Å². The van der Waals surface area contributed by atoms with Crippen LogP contribution in [0, 0.1) is 34.0 Å². The van der Waals surface area contributed by atoms with E-state index < -0.39 is 0 Å². The summed E-state index contributed by atoms with van der Waals surface area (Å²) in [6, 6.07) is 16.6. The first-order valence-corrected chi connectivity index (χ1v) is 7.28. The molecule has 0 fully saturated rings. The summed E-state index contributed by atoms with van der Waals surface area (Å²) >= 11 is 11.9. The number of hydrogen-bond donors (Lipinski definition) is 1. The first kappa shape index (κ1) is 17.2.